The normalized spacial score (nSPS) is 12.6. The van der Waals surface area contributed by atoms with E-state index in [1.165, 1.54) is 18.4 Å². The summed E-state index contributed by atoms with van der Waals surface area (Å²) in [5.74, 6) is 0. The van der Waals surface area contributed by atoms with Crippen molar-refractivity contribution in [1.29, 1.82) is 0 Å². The van der Waals surface area contributed by atoms with Gasteiger partial charge in [0.25, 0.3) is 0 Å². The molecule has 130 valence electrons. The average molecular weight is 326 g/mol. The van der Waals surface area contributed by atoms with Gasteiger partial charge in [0, 0.05) is 30.4 Å². The SMILES string of the molecule is CCCN(Cc1ccc(-c2ccc(CN)cc2)nc1C)[C@@H](C)CC. The number of aromatic nitrogens is 1. The molecule has 0 spiro atoms. The van der Waals surface area contributed by atoms with Crippen LogP contribution < -0.4 is 5.73 Å². The number of nitrogens with zero attached hydrogens (tertiary/aromatic N) is 2. The first kappa shape index (κ1) is 18.6. The molecule has 0 aliphatic heterocycles. The van der Waals surface area contributed by atoms with Gasteiger partial charge >= 0.3 is 0 Å². The molecule has 1 aromatic heterocycles. The van der Waals surface area contributed by atoms with E-state index in [1.54, 1.807) is 0 Å². The quantitative estimate of drug-likeness (QED) is 0.775. The monoisotopic (exact) mass is 325 g/mol. The van der Waals surface area contributed by atoms with Gasteiger partial charge in [0.05, 0.1) is 5.69 Å². The third-order valence-corrected chi connectivity index (χ3v) is 4.78. The number of pyridine rings is 1. The van der Waals surface area contributed by atoms with Gasteiger partial charge in [-0.15, -0.1) is 0 Å². The summed E-state index contributed by atoms with van der Waals surface area (Å²) in [5.41, 5.74) is 11.4. The van der Waals surface area contributed by atoms with E-state index in [9.17, 15) is 0 Å². The number of hydrogen-bond acceptors (Lipinski definition) is 3. The molecule has 0 amide bonds. The van der Waals surface area contributed by atoms with Crippen LogP contribution in [0.1, 0.15) is 50.4 Å². The summed E-state index contributed by atoms with van der Waals surface area (Å²) in [6, 6.07) is 13.3. The van der Waals surface area contributed by atoms with Crippen molar-refractivity contribution in [1.82, 2.24) is 9.88 Å². The summed E-state index contributed by atoms with van der Waals surface area (Å²) in [6.45, 7) is 11.6. The van der Waals surface area contributed by atoms with Crippen molar-refractivity contribution in [3.8, 4) is 11.3 Å². The summed E-state index contributed by atoms with van der Waals surface area (Å²) in [6.07, 6.45) is 2.36. The molecule has 0 unspecified atom stereocenters. The standard InChI is InChI=1S/C21H31N3/c1-5-13-24(16(3)6-2)15-20-11-12-21(23-17(20)4)19-9-7-18(14-22)8-10-19/h7-12,16H,5-6,13-15,22H2,1-4H3/t16-/m0/s1. The Morgan fingerprint density at radius 2 is 1.79 bits per heavy atom. The maximum absolute atomic E-state index is 5.67. The molecular formula is C21H31N3. The van der Waals surface area contributed by atoms with Gasteiger partial charge in [0.1, 0.15) is 0 Å². The highest BCUT2D eigenvalue weighted by Gasteiger charge is 2.13. The molecule has 2 aromatic rings. The van der Waals surface area contributed by atoms with Crippen LogP contribution >= 0.6 is 0 Å². The molecule has 0 saturated carbocycles. The Bertz CT molecular complexity index is 634. The minimum atomic E-state index is 0.578. The number of benzene rings is 1. The van der Waals surface area contributed by atoms with Crippen LogP contribution in [0.25, 0.3) is 11.3 Å². The van der Waals surface area contributed by atoms with Crippen molar-refractivity contribution >= 4 is 0 Å². The topological polar surface area (TPSA) is 42.1 Å². The molecular weight excluding hydrogens is 294 g/mol. The predicted molar refractivity (Wildman–Crippen MR) is 103 cm³/mol. The van der Waals surface area contributed by atoms with Crippen LogP contribution in [-0.4, -0.2) is 22.5 Å². The molecule has 0 aliphatic rings. The Kier molecular flexibility index (Phi) is 6.95. The van der Waals surface area contributed by atoms with Crippen LogP contribution in [0.15, 0.2) is 36.4 Å². The van der Waals surface area contributed by atoms with E-state index in [-0.39, 0.29) is 0 Å². The number of aryl methyl sites for hydroxylation is 1. The van der Waals surface area contributed by atoms with E-state index in [0.717, 1.165) is 35.6 Å². The summed E-state index contributed by atoms with van der Waals surface area (Å²) in [5, 5.41) is 0. The van der Waals surface area contributed by atoms with E-state index in [2.05, 4.69) is 69.0 Å². The molecule has 1 aromatic carbocycles. The molecule has 1 heterocycles. The zero-order valence-electron chi connectivity index (χ0n) is 15.5. The fourth-order valence-electron chi connectivity index (χ4n) is 2.95. The van der Waals surface area contributed by atoms with Gasteiger partial charge in [-0.25, -0.2) is 0 Å². The highest BCUT2D eigenvalue weighted by atomic mass is 15.1. The first-order chi connectivity index (χ1) is 11.6. The third-order valence-electron chi connectivity index (χ3n) is 4.78. The highest BCUT2D eigenvalue weighted by Crippen LogP contribution is 2.21. The van der Waals surface area contributed by atoms with E-state index < -0.39 is 0 Å². The van der Waals surface area contributed by atoms with Crippen molar-refractivity contribution in [2.45, 2.75) is 59.7 Å². The lowest BCUT2D eigenvalue weighted by molar-refractivity contribution is 0.195. The number of hydrogen-bond donors (Lipinski definition) is 1. The van der Waals surface area contributed by atoms with Gasteiger partial charge in [0.15, 0.2) is 0 Å². The molecule has 24 heavy (non-hydrogen) atoms. The first-order valence-electron chi connectivity index (χ1n) is 9.09. The van der Waals surface area contributed by atoms with E-state index in [4.69, 9.17) is 10.7 Å². The molecule has 2 rings (SSSR count). The van der Waals surface area contributed by atoms with Gasteiger partial charge in [-0.3, -0.25) is 9.88 Å². The molecule has 0 fully saturated rings. The van der Waals surface area contributed by atoms with Gasteiger partial charge in [0.2, 0.25) is 0 Å². The molecule has 3 nitrogen and oxygen atoms in total. The first-order valence-corrected chi connectivity index (χ1v) is 9.09. The Labute approximate surface area is 146 Å². The molecule has 3 heteroatoms. The van der Waals surface area contributed by atoms with Gasteiger partial charge < -0.3 is 5.73 Å². The van der Waals surface area contributed by atoms with Gasteiger partial charge in [-0.05, 0) is 50.4 Å². The third kappa shape index (κ3) is 4.65. The second-order valence-corrected chi connectivity index (χ2v) is 6.57. The summed E-state index contributed by atoms with van der Waals surface area (Å²) in [4.78, 5) is 7.39. The Morgan fingerprint density at radius 1 is 1.08 bits per heavy atom. The predicted octanol–water partition coefficient (Wildman–Crippen LogP) is 4.53. The zero-order chi connectivity index (χ0) is 17.5. The fraction of sp³-hybridized carbons (Fsp3) is 0.476. The van der Waals surface area contributed by atoms with Crippen LogP contribution in [0.5, 0.6) is 0 Å². The molecule has 1 atom stereocenters. The average Bonchev–Trinajstić information content (AvgIpc) is 2.62. The summed E-state index contributed by atoms with van der Waals surface area (Å²) in [7, 11) is 0. The number of rotatable bonds is 8. The highest BCUT2D eigenvalue weighted by molar-refractivity contribution is 5.60. The van der Waals surface area contributed by atoms with E-state index in [1.807, 2.05) is 0 Å². The van der Waals surface area contributed by atoms with Gasteiger partial charge in [-0.1, -0.05) is 44.2 Å². The molecule has 0 radical (unpaired) electrons. The maximum Gasteiger partial charge on any atom is 0.0705 e. The second-order valence-electron chi connectivity index (χ2n) is 6.57. The molecule has 0 saturated heterocycles. The Balaban J connectivity index is 2.18. The Hall–Kier alpha value is -1.71. The molecule has 0 bridgehead atoms. The van der Waals surface area contributed by atoms with Crippen LogP contribution in [0.3, 0.4) is 0 Å². The minimum Gasteiger partial charge on any atom is -0.326 e. The van der Waals surface area contributed by atoms with Crippen molar-refractivity contribution in [2.75, 3.05) is 6.54 Å². The van der Waals surface area contributed by atoms with Crippen LogP contribution in [0.4, 0.5) is 0 Å². The fourth-order valence-corrected chi connectivity index (χ4v) is 2.95. The van der Waals surface area contributed by atoms with E-state index >= 15 is 0 Å². The van der Waals surface area contributed by atoms with Crippen LogP contribution in [0, 0.1) is 6.92 Å². The van der Waals surface area contributed by atoms with Gasteiger partial charge in [-0.2, -0.15) is 0 Å². The number of nitrogens with two attached hydrogens (primary N) is 1. The van der Waals surface area contributed by atoms with E-state index in [0.29, 0.717) is 12.6 Å². The van der Waals surface area contributed by atoms with Crippen molar-refractivity contribution in [3.63, 3.8) is 0 Å². The zero-order valence-corrected chi connectivity index (χ0v) is 15.5. The lowest BCUT2D eigenvalue weighted by atomic mass is 10.1. The smallest absolute Gasteiger partial charge is 0.0705 e. The largest absolute Gasteiger partial charge is 0.326 e. The van der Waals surface area contributed by atoms with Crippen LogP contribution in [-0.2, 0) is 13.1 Å². The lowest BCUT2D eigenvalue weighted by Crippen LogP contribution is -2.33. The van der Waals surface area contributed by atoms with Crippen molar-refractivity contribution in [3.05, 3.63) is 53.2 Å². The second kappa shape index (κ2) is 8.95. The van der Waals surface area contributed by atoms with Crippen molar-refractivity contribution < 1.29 is 0 Å². The molecule has 2 N–H and O–H groups in total. The Morgan fingerprint density at radius 3 is 2.33 bits per heavy atom. The summed E-state index contributed by atoms with van der Waals surface area (Å²) < 4.78 is 0. The lowest BCUT2D eigenvalue weighted by Gasteiger charge is -2.28. The minimum absolute atomic E-state index is 0.578. The van der Waals surface area contributed by atoms with Crippen LogP contribution in [0.2, 0.25) is 0 Å². The molecule has 0 aliphatic carbocycles. The maximum atomic E-state index is 5.67. The van der Waals surface area contributed by atoms with Crippen molar-refractivity contribution in [2.24, 2.45) is 5.73 Å². The summed E-state index contributed by atoms with van der Waals surface area (Å²) >= 11 is 0.